The highest BCUT2D eigenvalue weighted by Gasteiger charge is 2.16. The van der Waals surface area contributed by atoms with Crippen LogP contribution in [-0.2, 0) is 9.47 Å². The van der Waals surface area contributed by atoms with Gasteiger partial charge in [-0.3, -0.25) is 0 Å². The molecule has 3 heteroatoms. The van der Waals surface area contributed by atoms with Crippen LogP contribution in [0.1, 0.15) is 38.5 Å². The summed E-state index contributed by atoms with van der Waals surface area (Å²) in [6, 6.07) is 0. The first-order valence-corrected chi connectivity index (χ1v) is 6.39. The first-order chi connectivity index (χ1) is 7.45. The highest BCUT2D eigenvalue weighted by molar-refractivity contribution is 4.68. The minimum absolute atomic E-state index is 0.0977. The Balaban J connectivity index is 1.53. The Morgan fingerprint density at radius 2 is 2.00 bits per heavy atom. The van der Waals surface area contributed by atoms with Crippen molar-refractivity contribution in [2.24, 2.45) is 5.92 Å². The van der Waals surface area contributed by atoms with Crippen molar-refractivity contribution in [3.63, 3.8) is 0 Å². The molecule has 2 saturated heterocycles. The third-order valence-corrected chi connectivity index (χ3v) is 3.43. The Morgan fingerprint density at radius 3 is 2.73 bits per heavy atom. The van der Waals surface area contributed by atoms with Crippen molar-refractivity contribution >= 4 is 0 Å². The van der Waals surface area contributed by atoms with E-state index >= 15 is 0 Å². The molecule has 0 aromatic heterocycles. The quantitative estimate of drug-likeness (QED) is 0.774. The molecule has 1 N–H and O–H groups in total. The summed E-state index contributed by atoms with van der Waals surface area (Å²) in [7, 11) is 0. The zero-order chi connectivity index (χ0) is 10.3. The number of hydrogen-bond donors (Lipinski definition) is 1. The summed E-state index contributed by atoms with van der Waals surface area (Å²) >= 11 is 0. The molecule has 2 aliphatic heterocycles. The van der Waals surface area contributed by atoms with Crippen LogP contribution in [0, 0.1) is 5.92 Å². The summed E-state index contributed by atoms with van der Waals surface area (Å²) in [4.78, 5) is 0. The summed E-state index contributed by atoms with van der Waals surface area (Å²) in [5.41, 5.74) is 0. The Hall–Kier alpha value is -0.120. The molecular formula is C12H23NO2. The molecule has 3 nitrogen and oxygen atoms in total. The van der Waals surface area contributed by atoms with E-state index in [1.165, 1.54) is 45.2 Å². The van der Waals surface area contributed by atoms with Gasteiger partial charge in [0.05, 0.1) is 0 Å². The van der Waals surface area contributed by atoms with Gasteiger partial charge in [0.25, 0.3) is 0 Å². The Morgan fingerprint density at radius 1 is 1.13 bits per heavy atom. The lowest BCUT2D eigenvalue weighted by Crippen LogP contribution is -2.29. The van der Waals surface area contributed by atoms with Crippen LogP contribution in [-0.4, -0.2) is 32.6 Å². The second-order valence-corrected chi connectivity index (χ2v) is 4.65. The van der Waals surface area contributed by atoms with E-state index in [2.05, 4.69) is 5.32 Å². The fraction of sp³-hybridized carbons (Fsp3) is 1.00. The molecular weight excluding hydrogens is 190 g/mol. The summed E-state index contributed by atoms with van der Waals surface area (Å²) < 4.78 is 11.3. The number of nitrogens with one attached hydrogen (secondary N) is 1. The molecule has 0 aromatic carbocycles. The van der Waals surface area contributed by atoms with Crippen LogP contribution in [0.3, 0.4) is 0 Å². The predicted molar refractivity (Wildman–Crippen MR) is 59.8 cm³/mol. The van der Waals surface area contributed by atoms with Gasteiger partial charge in [0.1, 0.15) is 0 Å². The van der Waals surface area contributed by atoms with Crippen LogP contribution in [0.2, 0.25) is 0 Å². The maximum absolute atomic E-state index is 5.74. The molecule has 0 saturated carbocycles. The molecule has 0 aromatic rings. The standard InChI is InChI=1S/C12H23NO2/c1-2-9-14-12(3-1)15-10-6-11-4-7-13-8-5-11/h11-13H,1-10H2. The van der Waals surface area contributed by atoms with Gasteiger partial charge in [-0.15, -0.1) is 0 Å². The van der Waals surface area contributed by atoms with Gasteiger partial charge < -0.3 is 14.8 Å². The lowest BCUT2D eigenvalue weighted by Gasteiger charge is -2.25. The Bertz CT molecular complexity index is 145. The molecule has 2 heterocycles. The molecule has 0 radical (unpaired) electrons. The lowest BCUT2D eigenvalue weighted by atomic mass is 9.95. The topological polar surface area (TPSA) is 30.5 Å². The SMILES string of the molecule is C1CCC(OCCC2CCNCC2)OC1. The highest BCUT2D eigenvalue weighted by atomic mass is 16.7. The van der Waals surface area contributed by atoms with Crippen molar-refractivity contribution in [1.82, 2.24) is 5.32 Å². The smallest absolute Gasteiger partial charge is 0.157 e. The van der Waals surface area contributed by atoms with Crippen LogP contribution < -0.4 is 5.32 Å². The van der Waals surface area contributed by atoms with E-state index in [-0.39, 0.29) is 6.29 Å². The van der Waals surface area contributed by atoms with Crippen LogP contribution in [0.4, 0.5) is 0 Å². The average molecular weight is 213 g/mol. The molecule has 1 unspecified atom stereocenters. The Labute approximate surface area is 92.5 Å². The molecule has 15 heavy (non-hydrogen) atoms. The van der Waals surface area contributed by atoms with Crippen LogP contribution in [0.15, 0.2) is 0 Å². The molecule has 88 valence electrons. The van der Waals surface area contributed by atoms with Crippen molar-refractivity contribution in [1.29, 1.82) is 0 Å². The zero-order valence-electron chi connectivity index (χ0n) is 9.54. The summed E-state index contributed by atoms with van der Waals surface area (Å²) in [5, 5.41) is 3.39. The van der Waals surface area contributed by atoms with Gasteiger partial charge in [-0.25, -0.2) is 0 Å². The van der Waals surface area contributed by atoms with E-state index in [9.17, 15) is 0 Å². The first kappa shape index (κ1) is 11.4. The lowest BCUT2D eigenvalue weighted by molar-refractivity contribution is -0.164. The normalized spacial score (nSPS) is 29.2. The van der Waals surface area contributed by atoms with E-state index in [0.717, 1.165) is 25.6 Å². The van der Waals surface area contributed by atoms with Gasteiger partial charge in [0.15, 0.2) is 6.29 Å². The highest BCUT2D eigenvalue weighted by Crippen LogP contribution is 2.18. The monoisotopic (exact) mass is 213 g/mol. The van der Waals surface area contributed by atoms with E-state index in [0.29, 0.717) is 0 Å². The summed E-state index contributed by atoms with van der Waals surface area (Å²) in [6.45, 7) is 4.14. The number of rotatable bonds is 4. The van der Waals surface area contributed by atoms with E-state index in [4.69, 9.17) is 9.47 Å². The molecule has 0 aliphatic carbocycles. The fourth-order valence-corrected chi connectivity index (χ4v) is 2.38. The number of hydrogen-bond acceptors (Lipinski definition) is 3. The minimum atomic E-state index is 0.0977. The molecule has 0 spiro atoms. The van der Waals surface area contributed by atoms with E-state index in [1.54, 1.807) is 0 Å². The minimum Gasteiger partial charge on any atom is -0.353 e. The predicted octanol–water partition coefficient (Wildman–Crippen LogP) is 1.92. The van der Waals surface area contributed by atoms with Crippen LogP contribution in [0.5, 0.6) is 0 Å². The maximum atomic E-state index is 5.74. The largest absolute Gasteiger partial charge is 0.353 e. The zero-order valence-corrected chi connectivity index (χ0v) is 9.54. The molecule has 1 atom stereocenters. The fourth-order valence-electron chi connectivity index (χ4n) is 2.38. The van der Waals surface area contributed by atoms with Crippen molar-refractivity contribution in [2.75, 3.05) is 26.3 Å². The number of piperidine rings is 1. The second-order valence-electron chi connectivity index (χ2n) is 4.65. The van der Waals surface area contributed by atoms with Crippen LogP contribution >= 0.6 is 0 Å². The first-order valence-electron chi connectivity index (χ1n) is 6.39. The van der Waals surface area contributed by atoms with Gasteiger partial charge in [-0.05, 0) is 57.5 Å². The second kappa shape index (κ2) is 6.46. The summed E-state index contributed by atoms with van der Waals surface area (Å²) in [5.74, 6) is 0.870. The third-order valence-electron chi connectivity index (χ3n) is 3.43. The number of ether oxygens (including phenoxy) is 2. The molecule has 2 aliphatic rings. The Kier molecular flexibility index (Phi) is 4.90. The van der Waals surface area contributed by atoms with Gasteiger partial charge in [-0.2, -0.15) is 0 Å². The van der Waals surface area contributed by atoms with Gasteiger partial charge >= 0.3 is 0 Å². The maximum Gasteiger partial charge on any atom is 0.157 e. The van der Waals surface area contributed by atoms with Gasteiger partial charge in [0.2, 0.25) is 0 Å². The van der Waals surface area contributed by atoms with E-state index in [1.807, 2.05) is 0 Å². The summed E-state index contributed by atoms with van der Waals surface area (Å²) in [6.07, 6.45) is 7.49. The molecule has 0 bridgehead atoms. The average Bonchev–Trinajstić information content (AvgIpc) is 2.32. The van der Waals surface area contributed by atoms with Crippen LogP contribution in [0.25, 0.3) is 0 Å². The third kappa shape index (κ3) is 4.09. The van der Waals surface area contributed by atoms with Crippen molar-refractivity contribution in [3.05, 3.63) is 0 Å². The van der Waals surface area contributed by atoms with E-state index < -0.39 is 0 Å². The van der Waals surface area contributed by atoms with Gasteiger partial charge in [-0.1, -0.05) is 0 Å². The van der Waals surface area contributed by atoms with Crippen molar-refractivity contribution in [3.8, 4) is 0 Å². The van der Waals surface area contributed by atoms with Crippen molar-refractivity contribution < 1.29 is 9.47 Å². The van der Waals surface area contributed by atoms with Gasteiger partial charge in [0, 0.05) is 13.2 Å². The molecule has 2 rings (SSSR count). The molecule has 2 fully saturated rings. The van der Waals surface area contributed by atoms with Crippen molar-refractivity contribution in [2.45, 2.75) is 44.8 Å². The molecule has 0 amide bonds.